The molecule has 0 unspecified atom stereocenters. The lowest BCUT2D eigenvalue weighted by atomic mass is 10.1. The number of aliphatic imine (C=N–C) groups is 1. The van der Waals surface area contributed by atoms with E-state index in [2.05, 4.69) is 20.9 Å². The zero-order valence-electron chi connectivity index (χ0n) is 17.0. The molecule has 3 heterocycles. The van der Waals surface area contributed by atoms with Gasteiger partial charge in [0, 0.05) is 39.8 Å². The Morgan fingerprint density at radius 3 is 2.86 bits per heavy atom. The predicted molar refractivity (Wildman–Crippen MR) is 105 cm³/mol. The van der Waals surface area contributed by atoms with Crippen LogP contribution in [0.1, 0.15) is 26.5 Å². The van der Waals surface area contributed by atoms with Crippen LogP contribution < -0.4 is 9.64 Å². The maximum atomic E-state index is 12.4. The topological polar surface area (TPSA) is 94.3 Å². The number of ether oxygens (including phenoxy) is 2. The van der Waals surface area contributed by atoms with Crippen LogP contribution in [0.4, 0.5) is 16.3 Å². The Morgan fingerprint density at radius 1 is 1.46 bits per heavy atom. The number of carbonyl (C=O) groups excluding carboxylic acids is 1. The van der Waals surface area contributed by atoms with E-state index in [4.69, 9.17) is 9.47 Å². The molecule has 150 valence electrons. The normalized spacial score (nSPS) is 18.8. The Labute approximate surface area is 165 Å². The van der Waals surface area contributed by atoms with Crippen molar-refractivity contribution in [1.29, 1.82) is 5.26 Å². The number of aromatic nitrogens is 1. The molecular formula is C19H26N6O3. The van der Waals surface area contributed by atoms with Gasteiger partial charge in [-0.3, -0.25) is 0 Å². The lowest BCUT2D eigenvalue weighted by Gasteiger charge is -2.44. The molecular weight excluding hydrogens is 360 g/mol. The molecule has 0 aliphatic carbocycles. The van der Waals surface area contributed by atoms with E-state index in [1.165, 1.54) is 0 Å². The Bertz CT molecular complexity index is 824. The molecule has 9 nitrogen and oxygen atoms in total. The fraction of sp³-hybridized carbons (Fsp3) is 0.579. The molecule has 2 aliphatic heterocycles. The van der Waals surface area contributed by atoms with E-state index in [1.54, 1.807) is 22.2 Å². The highest BCUT2D eigenvalue weighted by atomic mass is 16.6. The van der Waals surface area contributed by atoms with Crippen LogP contribution in [0, 0.1) is 11.3 Å². The standard InChI is InChI=1S/C19H26N6O3/c1-19(2,3)28-18(26)24-6-7-25-13(10-24)11-27-16-8-14(21-12-23(4)5)15(9-20)22-17(16)25/h8,12-13H,6-7,10-11H2,1-5H3/b21-12-/t13-/m1/s1. The van der Waals surface area contributed by atoms with Crippen molar-refractivity contribution in [3.63, 3.8) is 0 Å². The van der Waals surface area contributed by atoms with Crippen LogP contribution in [-0.4, -0.2) is 79.2 Å². The van der Waals surface area contributed by atoms with Gasteiger partial charge < -0.3 is 24.2 Å². The second-order valence-corrected chi connectivity index (χ2v) is 8.08. The molecule has 28 heavy (non-hydrogen) atoms. The average Bonchev–Trinajstić information content (AvgIpc) is 2.63. The second kappa shape index (κ2) is 7.54. The minimum absolute atomic E-state index is 0.0380. The maximum Gasteiger partial charge on any atom is 0.410 e. The van der Waals surface area contributed by atoms with Crippen molar-refractivity contribution in [2.24, 2.45) is 4.99 Å². The number of pyridine rings is 1. The van der Waals surface area contributed by atoms with Crippen molar-refractivity contribution >= 4 is 23.9 Å². The quantitative estimate of drug-likeness (QED) is 0.567. The molecule has 3 rings (SSSR count). The summed E-state index contributed by atoms with van der Waals surface area (Å²) < 4.78 is 11.4. The van der Waals surface area contributed by atoms with Gasteiger partial charge in [0.05, 0.1) is 12.4 Å². The number of nitrogens with zero attached hydrogens (tertiary/aromatic N) is 6. The molecule has 0 spiro atoms. The first-order valence-corrected chi connectivity index (χ1v) is 9.21. The van der Waals surface area contributed by atoms with E-state index < -0.39 is 5.60 Å². The number of hydrogen-bond donors (Lipinski definition) is 0. The first kappa shape index (κ1) is 19.7. The molecule has 9 heteroatoms. The largest absolute Gasteiger partial charge is 0.487 e. The number of hydrogen-bond acceptors (Lipinski definition) is 7. The molecule has 1 amide bonds. The van der Waals surface area contributed by atoms with Gasteiger partial charge in [-0.25, -0.2) is 14.8 Å². The number of nitriles is 1. The van der Waals surface area contributed by atoms with Crippen LogP contribution >= 0.6 is 0 Å². The summed E-state index contributed by atoms with van der Waals surface area (Å²) in [5.74, 6) is 1.23. The van der Waals surface area contributed by atoms with Crippen molar-refractivity contribution < 1.29 is 14.3 Å². The molecule has 1 aromatic rings. The first-order valence-electron chi connectivity index (χ1n) is 9.21. The molecule has 0 aromatic carbocycles. The van der Waals surface area contributed by atoms with Crippen molar-refractivity contribution in [1.82, 2.24) is 14.8 Å². The minimum Gasteiger partial charge on any atom is -0.487 e. The summed E-state index contributed by atoms with van der Waals surface area (Å²) in [4.78, 5) is 26.8. The van der Waals surface area contributed by atoms with Crippen LogP contribution in [0.25, 0.3) is 0 Å². The van der Waals surface area contributed by atoms with E-state index in [9.17, 15) is 10.1 Å². The molecule has 1 fully saturated rings. The van der Waals surface area contributed by atoms with Gasteiger partial charge in [0.25, 0.3) is 0 Å². The summed E-state index contributed by atoms with van der Waals surface area (Å²) in [7, 11) is 3.71. The summed E-state index contributed by atoms with van der Waals surface area (Å²) in [6, 6.07) is 3.82. The molecule has 1 atom stereocenters. The van der Waals surface area contributed by atoms with Gasteiger partial charge in [0.15, 0.2) is 17.3 Å². The summed E-state index contributed by atoms with van der Waals surface area (Å²) in [6.07, 6.45) is 1.30. The third kappa shape index (κ3) is 4.27. The fourth-order valence-electron chi connectivity index (χ4n) is 3.10. The predicted octanol–water partition coefficient (Wildman–Crippen LogP) is 1.99. The van der Waals surface area contributed by atoms with Crippen molar-refractivity contribution in [2.45, 2.75) is 32.4 Å². The number of amides is 1. The summed E-state index contributed by atoms with van der Waals surface area (Å²) in [5, 5.41) is 9.48. The number of rotatable bonds is 2. The summed E-state index contributed by atoms with van der Waals surface area (Å²) in [5.41, 5.74) is 0.188. The highest BCUT2D eigenvalue weighted by Crippen LogP contribution is 2.37. The molecule has 1 aromatic heterocycles. The third-order valence-corrected chi connectivity index (χ3v) is 4.32. The minimum atomic E-state index is -0.531. The number of carbonyl (C=O) groups is 1. The number of anilines is 1. The van der Waals surface area contributed by atoms with Gasteiger partial charge in [0.1, 0.15) is 24.0 Å². The van der Waals surface area contributed by atoms with E-state index in [0.29, 0.717) is 43.5 Å². The Balaban J connectivity index is 1.80. The Morgan fingerprint density at radius 2 is 2.21 bits per heavy atom. The van der Waals surface area contributed by atoms with E-state index >= 15 is 0 Å². The first-order chi connectivity index (χ1) is 13.2. The Kier molecular flexibility index (Phi) is 5.31. The fourth-order valence-corrected chi connectivity index (χ4v) is 3.10. The zero-order valence-corrected chi connectivity index (χ0v) is 17.0. The van der Waals surface area contributed by atoms with Crippen LogP contribution in [0.15, 0.2) is 11.1 Å². The molecule has 0 radical (unpaired) electrons. The van der Waals surface area contributed by atoms with Gasteiger partial charge in [-0.15, -0.1) is 0 Å². The van der Waals surface area contributed by atoms with Gasteiger partial charge in [-0.1, -0.05) is 0 Å². The molecule has 0 saturated carbocycles. The summed E-state index contributed by atoms with van der Waals surface area (Å²) in [6.45, 7) is 7.59. The summed E-state index contributed by atoms with van der Waals surface area (Å²) >= 11 is 0. The lowest BCUT2D eigenvalue weighted by Crippen LogP contribution is -2.59. The van der Waals surface area contributed by atoms with Crippen molar-refractivity contribution in [3.05, 3.63) is 11.8 Å². The van der Waals surface area contributed by atoms with Gasteiger partial charge in [-0.05, 0) is 20.8 Å². The van der Waals surface area contributed by atoms with Gasteiger partial charge in [-0.2, -0.15) is 5.26 Å². The zero-order chi connectivity index (χ0) is 20.5. The van der Waals surface area contributed by atoms with E-state index in [1.807, 2.05) is 34.9 Å². The number of fused-ring (bicyclic) bond motifs is 3. The monoisotopic (exact) mass is 386 g/mol. The van der Waals surface area contributed by atoms with Gasteiger partial charge in [0.2, 0.25) is 0 Å². The maximum absolute atomic E-state index is 12.4. The van der Waals surface area contributed by atoms with E-state index in [0.717, 1.165) is 0 Å². The van der Waals surface area contributed by atoms with Crippen molar-refractivity contribution in [2.75, 3.05) is 45.2 Å². The van der Waals surface area contributed by atoms with Crippen LogP contribution in [0.3, 0.4) is 0 Å². The van der Waals surface area contributed by atoms with E-state index in [-0.39, 0.29) is 17.8 Å². The molecule has 0 bridgehead atoms. The van der Waals surface area contributed by atoms with Crippen LogP contribution in [-0.2, 0) is 4.74 Å². The highest BCUT2D eigenvalue weighted by molar-refractivity contribution is 5.71. The third-order valence-electron chi connectivity index (χ3n) is 4.32. The lowest BCUT2D eigenvalue weighted by molar-refractivity contribution is 0.0194. The smallest absolute Gasteiger partial charge is 0.410 e. The van der Waals surface area contributed by atoms with Gasteiger partial charge >= 0.3 is 6.09 Å². The highest BCUT2D eigenvalue weighted by Gasteiger charge is 2.37. The molecule has 1 saturated heterocycles. The van der Waals surface area contributed by atoms with Crippen molar-refractivity contribution in [3.8, 4) is 11.8 Å². The van der Waals surface area contributed by atoms with Crippen LogP contribution in [0.2, 0.25) is 0 Å². The van der Waals surface area contributed by atoms with Crippen LogP contribution in [0.5, 0.6) is 5.75 Å². The average molecular weight is 386 g/mol. The Hall–Kier alpha value is -3.02. The molecule has 0 N–H and O–H groups in total. The number of piperazine rings is 1. The second-order valence-electron chi connectivity index (χ2n) is 8.08. The molecule has 2 aliphatic rings. The SMILES string of the molecule is CN(C)/C=N\c1cc2c(nc1C#N)N1CCN(C(=O)OC(C)(C)C)C[C@@H]1CO2.